The number of Topliss-reactive ketones (excluding diaryl/α,β-unsaturated/α-hetero) is 1. The molecular weight excluding hydrogens is 232 g/mol. The van der Waals surface area contributed by atoms with Crippen LogP contribution in [-0.4, -0.2) is 5.78 Å². The summed E-state index contributed by atoms with van der Waals surface area (Å²) in [6, 6.07) is 14.7. The third kappa shape index (κ3) is 2.46. The van der Waals surface area contributed by atoms with Crippen LogP contribution in [0.3, 0.4) is 0 Å². The minimum atomic E-state index is 0.195. The summed E-state index contributed by atoms with van der Waals surface area (Å²) in [6.07, 6.45) is 5.17. The van der Waals surface area contributed by atoms with Crippen molar-refractivity contribution >= 4 is 22.6 Å². The van der Waals surface area contributed by atoms with Crippen molar-refractivity contribution in [3.63, 3.8) is 0 Å². The van der Waals surface area contributed by atoms with Crippen LogP contribution in [0, 0.1) is 5.92 Å². The molecule has 0 heterocycles. The summed E-state index contributed by atoms with van der Waals surface area (Å²) in [5.41, 5.74) is 2.13. The first-order chi connectivity index (χ1) is 9.24. The molecule has 1 heteroatoms. The zero-order valence-electron chi connectivity index (χ0n) is 11.2. The molecule has 19 heavy (non-hydrogen) atoms. The predicted molar refractivity (Wildman–Crippen MR) is 79.9 cm³/mol. The van der Waals surface area contributed by atoms with Crippen molar-refractivity contribution in [2.24, 2.45) is 5.92 Å². The van der Waals surface area contributed by atoms with Crippen LogP contribution in [0.2, 0.25) is 0 Å². The van der Waals surface area contributed by atoms with Crippen molar-refractivity contribution in [3.8, 4) is 0 Å². The Morgan fingerprint density at radius 1 is 1.11 bits per heavy atom. The summed E-state index contributed by atoms with van der Waals surface area (Å²) >= 11 is 0. The Labute approximate surface area is 113 Å². The number of hydrogen-bond acceptors (Lipinski definition) is 1. The second kappa shape index (κ2) is 5.00. The Morgan fingerprint density at radius 3 is 2.74 bits per heavy atom. The Hall–Kier alpha value is -1.89. The standard InChI is InChI=1S/C18H18O/c1-13-5-4-8-17(18(13)19)12-14-9-10-15-6-2-3-7-16(15)11-14/h2-3,6-7,9-13H,4-5,8H2,1H3/b17-12+/t13-/m1/s1. The predicted octanol–water partition coefficient (Wildman–Crippen LogP) is 4.61. The Morgan fingerprint density at radius 2 is 1.89 bits per heavy atom. The fraction of sp³-hybridized carbons (Fsp3) is 0.278. The number of fused-ring (bicyclic) bond motifs is 1. The second-order valence-electron chi connectivity index (χ2n) is 5.43. The fourth-order valence-electron chi connectivity index (χ4n) is 2.81. The molecule has 0 radical (unpaired) electrons. The summed E-state index contributed by atoms with van der Waals surface area (Å²) in [7, 11) is 0. The molecule has 0 spiro atoms. The van der Waals surface area contributed by atoms with Gasteiger partial charge in [-0.05, 0) is 53.3 Å². The normalized spacial score (nSPS) is 22.1. The highest BCUT2D eigenvalue weighted by atomic mass is 16.1. The van der Waals surface area contributed by atoms with Gasteiger partial charge in [-0.1, -0.05) is 43.3 Å². The van der Waals surface area contributed by atoms with Crippen molar-refractivity contribution in [1.29, 1.82) is 0 Å². The quantitative estimate of drug-likeness (QED) is 0.675. The molecule has 0 saturated heterocycles. The number of carbonyl (C=O) groups excluding carboxylic acids is 1. The zero-order valence-corrected chi connectivity index (χ0v) is 11.2. The topological polar surface area (TPSA) is 17.1 Å². The van der Waals surface area contributed by atoms with E-state index < -0.39 is 0 Å². The van der Waals surface area contributed by atoms with Crippen molar-refractivity contribution in [2.75, 3.05) is 0 Å². The number of benzene rings is 2. The van der Waals surface area contributed by atoms with Gasteiger partial charge in [-0.3, -0.25) is 4.79 Å². The van der Waals surface area contributed by atoms with Crippen molar-refractivity contribution in [2.45, 2.75) is 26.2 Å². The van der Waals surface area contributed by atoms with Gasteiger partial charge in [-0.2, -0.15) is 0 Å². The van der Waals surface area contributed by atoms with E-state index in [-0.39, 0.29) is 5.92 Å². The minimum Gasteiger partial charge on any atom is -0.294 e. The number of carbonyl (C=O) groups is 1. The smallest absolute Gasteiger partial charge is 0.161 e. The largest absolute Gasteiger partial charge is 0.294 e. The van der Waals surface area contributed by atoms with Crippen LogP contribution in [0.15, 0.2) is 48.0 Å². The SMILES string of the molecule is C[C@@H]1CCC/C(=C\c2ccc3ccccc3c2)C1=O. The first-order valence-corrected chi connectivity index (χ1v) is 6.97. The molecule has 1 nitrogen and oxygen atoms in total. The van der Waals surface area contributed by atoms with Gasteiger partial charge in [0.15, 0.2) is 5.78 Å². The molecule has 1 fully saturated rings. The van der Waals surface area contributed by atoms with Crippen LogP contribution in [0.25, 0.3) is 16.8 Å². The number of rotatable bonds is 1. The highest BCUT2D eigenvalue weighted by Gasteiger charge is 2.22. The van der Waals surface area contributed by atoms with Gasteiger partial charge in [0, 0.05) is 5.92 Å². The molecule has 0 bridgehead atoms. The molecule has 2 aromatic rings. The van der Waals surface area contributed by atoms with E-state index in [1.54, 1.807) is 0 Å². The molecule has 1 atom stereocenters. The fourth-order valence-corrected chi connectivity index (χ4v) is 2.81. The van der Waals surface area contributed by atoms with Crippen LogP contribution in [0.4, 0.5) is 0 Å². The van der Waals surface area contributed by atoms with Crippen molar-refractivity contribution in [3.05, 3.63) is 53.6 Å². The van der Waals surface area contributed by atoms with E-state index in [0.717, 1.165) is 30.4 Å². The first-order valence-electron chi connectivity index (χ1n) is 6.97. The van der Waals surface area contributed by atoms with Gasteiger partial charge >= 0.3 is 0 Å². The molecule has 0 N–H and O–H groups in total. The molecular formula is C18H18O. The maximum atomic E-state index is 12.1. The van der Waals surface area contributed by atoms with Gasteiger partial charge in [-0.25, -0.2) is 0 Å². The molecule has 0 aliphatic heterocycles. The lowest BCUT2D eigenvalue weighted by molar-refractivity contribution is -0.119. The van der Waals surface area contributed by atoms with E-state index in [1.165, 1.54) is 10.8 Å². The third-order valence-electron chi connectivity index (χ3n) is 3.96. The average Bonchev–Trinajstić information content (AvgIpc) is 2.44. The number of hydrogen-bond donors (Lipinski definition) is 0. The summed E-state index contributed by atoms with van der Waals surface area (Å²) in [5.74, 6) is 0.528. The monoisotopic (exact) mass is 250 g/mol. The minimum absolute atomic E-state index is 0.195. The molecule has 2 aromatic carbocycles. The molecule has 0 unspecified atom stereocenters. The summed E-state index contributed by atoms with van der Waals surface area (Å²) in [5, 5.41) is 2.47. The first kappa shape index (κ1) is 12.2. The zero-order chi connectivity index (χ0) is 13.2. The summed E-state index contributed by atoms with van der Waals surface area (Å²) in [6.45, 7) is 2.04. The van der Waals surface area contributed by atoms with Crippen LogP contribution < -0.4 is 0 Å². The number of allylic oxidation sites excluding steroid dienone is 1. The van der Waals surface area contributed by atoms with Crippen LogP contribution in [0.5, 0.6) is 0 Å². The van der Waals surface area contributed by atoms with E-state index in [9.17, 15) is 4.79 Å². The van der Waals surface area contributed by atoms with Gasteiger partial charge in [0.1, 0.15) is 0 Å². The third-order valence-corrected chi connectivity index (χ3v) is 3.96. The maximum Gasteiger partial charge on any atom is 0.161 e. The van der Waals surface area contributed by atoms with Gasteiger partial charge in [-0.15, -0.1) is 0 Å². The highest BCUT2D eigenvalue weighted by molar-refractivity contribution is 6.01. The molecule has 0 amide bonds. The maximum absolute atomic E-state index is 12.1. The highest BCUT2D eigenvalue weighted by Crippen LogP contribution is 2.27. The van der Waals surface area contributed by atoms with E-state index in [4.69, 9.17) is 0 Å². The lowest BCUT2D eigenvalue weighted by Gasteiger charge is -2.19. The summed E-state index contributed by atoms with van der Waals surface area (Å²) in [4.78, 5) is 12.1. The average molecular weight is 250 g/mol. The van der Waals surface area contributed by atoms with Gasteiger partial charge < -0.3 is 0 Å². The van der Waals surface area contributed by atoms with E-state index in [1.807, 2.05) is 19.1 Å². The van der Waals surface area contributed by atoms with Crippen LogP contribution in [-0.2, 0) is 4.79 Å². The van der Waals surface area contributed by atoms with Crippen molar-refractivity contribution < 1.29 is 4.79 Å². The van der Waals surface area contributed by atoms with Crippen LogP contribution in [0.1, 0.15) is 31.7 Å². The molecule has 3 rings (SSSR count). The molecule has 1 saturated carbocycles. The van der Waals surface area contributed by atoms with E-state index in [0.29, 0.717) is 5.78 Å². The second-order valence-corrected chi connectivity index (χ2v) is 5.43. The van der Waals surface area contributed by atoms with Gasteiger partial charge in [0.2, 0.25) is 0 Å². The Balaban J connectivity index is 1.98. The Bertz CT molecular complexity index is 652. The molecule has 96 valence electrons. The molecule has 1 aliphatic rings. The Kier molecular flexibility index (Phi) is 3.20. The van der Waals surface area contributed by atoms with Crippen molar-refractivity contribution in [1.82, 2.24) is 0 Å². The van der Waals surface area contributed by atoms with Gasteiger partial charge in [0.25, 0.3) is 0 Å². The summed E-state index contributed by atoms with van der Waals surface area (Å²) < 4.78 is 0. The van der Waals surface area contributed by atoms with E-state index >= 15 is 0 Å². The number of ketones is 1. The molecule has 1 aliphatic carbocycles. The molecule has 0 aromatic heterocycles. The van der Waals surface area contributed by atoms with Gasteiger partial charge in [0.05, 0.1) is 0 Å². The lowest BCUT2D eigenvalue weighted by Crippen LogP contribution is -2.18. The van der Waals surface area contributed by atoms with Crippen LogP contribution >= 0.6 is 0 Å². The van der Waals surface area contributed by atoms with E-state index in [2.05, 4.69) is 36.4 Å². The lowest BCUT2D eigenvalue weighted by atomic mass is 9.84.